The van der Waals surface area contributed by atoms with Crippen molar-refractivity contribution < 1.29 is 9.26 Å². The first-order valence-electron chi connectivity index (χ1n) is 14.7. The van der Waals surface area contributed by atoms with Gasteiger partial charge in [-0.15, -0.1) is 0 Å². The maximum atomic E-state index is 13.2. The number of hydrogen-bond acceptors (Lipinski definition) is 9. The molecular formula is C31H31ClN8O4. The van der Waals surface area contributed by atoms with Crippen molar-refractivity contribution in [2.45, 2.75) is 44.7 Å². The Kier molecular flexibility index (Phi) is 7.39. The van der Waals surface area contributed by atoms with Crippen molar-refractivity contribution >= 4 is 34.9 Å². The zero-order chi connectivity index (χ0) is 30.4. The first-order valence-corrected chi connectivity index (χ1v) is 15.1. The molecule has 1 aliphatic carbocycles. The Morgan fingerprint density at radius 1 is 1.07 bits per heavy atom. The van der Waals surface area contributed by atoms with Crippen LogP contribution in [0.2, 0.25) is 5.02 Å². The van der Waals surface area contributed by atoms with E-state index in [1.807, 2.05) is 22.8 Å². The molecule has 44 heavy (non-hydrogen) atoms. The van der Waals surface area contributed by atoms with Crippen LogP contribution in [-0.2, 0) is 4.74 Å². The zero-order valence-electron chi connectivity index (χ0n) is 24.1. The van der Waals surface area contributed by atoms with E-state index in [1.54, 1.807) is 6.20 Å². The van der Waals surface area contributed by atoms with Crippen molar-refractivity contribution in [3.8, 4) is 17.5 Å². The van der Waals surface area contributed by atoms with Crippen LogP contribution < -0.4 is 16.2 Å². The number of rotatable bonds is 6. The quantitative estimate of drug-likeness (QED) is 0.285. The van der Waals surface area contributed by atoms with E-state index in [9.17, 15) is 9.59 Å². The molecule has 1 aromatic carbocycles. The Balaban J connectivity index is 1.49. The minimum atomic E-state index is -0.758. The Hall–Kier alpha value is -4.55. The molecule has 12 nitrogen and oxygen atoms in total. The Morgan fingerprint density at radius 3 is 2.66 bits per heavy atom. The van der Waals surface area contributed by atoms with Gasteiger partial charge in [-0.1, -0.05) is 73.4 Å². The molecule has 1 saturated heterocycles. The predicted octanol–water partition coefficient (Wildman–Crippen LogP) is 4.85. The molecule has 4 atom stereocenters. The smallest absolute Gasteiger partial charge is 0.377 e. The van der Waals surface area contributed by atoms with Crippen LogP contribution in [-0.4, -0.2) is 53.5 Å². The first-order chi connectivity index (χ1) is 21.4. The second kappa shape index (κ2) is 11.5. The van der Waals surface area contributed by atoms with Crippen molar-refractivity contribution in [2.75, 3.05) is 18.1 Å². The lowest BCUT2D eigenvalue weighted by Gasteiger charge is -2.47. The Bertz CT molecular complexity index is 1950. The molecule has 0 radical (unpaired) electrons. The van der Waals surface area contributed by atoms with Gasteiger partial charge >= 0.3 is 5.76 Å². The van der Waals surface area contributed by atoms with E-state index in [4.69, 9.17) is 25.8 Å². The van der Waals surface area contributed by atoms with E-state index < -0.39 is 5.76 Å². The van der Waals surface area contributed by atoms with Crippen LogP contribution in [0.15, 0.2) is 69.4 Å². The summed E-state index contributed by atoms with van der Waals surface area (Å²) in [6.07, 6.45) is 7.70. The van der Waals surface area contributed by atoms with Crippen molar-refractivity contribution in [3.05, 3.63) is 86.7 Å². The van der Waals surface area contributed by atoms with E-state index in [-0.39, 0.29) is 40.8 Å². The lowest BCUT2D eigenvalue weighted by Crippen LogP contribution is -2.53. The van der Waals surface area contributed by atoms with Crippen LogP contribution in [0.5, 0.6) is 0 Å². The molecule has 7 rings (SSSR count). The zero-order valence-corrected chi connectivity index (χ0v) is 24.9. The topological polar surface area (TPSA) is 137 Å². The fourth-order valence-electron chi connectivity index (χ4n) is 6.66. The number of morpholine rings is 1. The fraction of sp³-hybridized carbons (Fsp3) is 0.355. The minimum absolute atomic E-state index is 0.00512. The molecule has 1 saturated carbocycles. The van der Waals surface area contributed by atoms with Crippen LogP contribution in [0.4, 0.5) is 5.95 Å². The second-order valence-corrected chi connectivity index (χ2v) is 11.9. The van der Waals surface area contributed by atoms with Gasteiger partial charge in [0.2, 0.25) is 17.6 Å². The van der Waals surface area contributed by atoms with Gasteiger partial charge < -0.3 is 9.64 Å². The summed E-state index contributed by atoms with van der Waals surface area (Å²) in [7, 11) is 0. The van der Waals surface area contributed by atoms with E-state index >= 15 is 0 Å². The summed E-state index contributed by atoms with van der Waals surface area (Å²) in [5.74, 6) is 1.09. The molecule has 5 aromatic rings. The van der Waals surface area contributed by atoms with E-state index in [0.717, 1.165) is 24.8 Å². The largest absolute Gasteiger partial charge is 0.439 e. The highest BCUT2D eigenvalue weighted by molar-refractivity contribution is 6.30. The number of pyridine rings is 1. The minimum Gasteiger partial charge on any atom is -0.377 e. The summed E-state index contributed by atoms with van der Waals surface area (Å²) in [6, 6.07) is 13.0. The summed E-state index contributed by atoms with van der Waals surface area (Å²) in [6.45, 7) is 7.48. The lowest BCUT2D eigenvalue weighted by atomic mass is 9.77. The molecule has 226 valence electrons. The van der Waals surface area contributed by atoms with Crippen LogP contribution >= 0.6 is 11.6 Å². The third-order valence-corrected chi connectivity index (χ3v) is 8.86. The molecule has 2 aliphatic rings. The third-order valence-electron chi connectivity index (χ3n) is 8.64. The van der Waals surface area contributed by atoms with Crippen LogP contribution in [0, 0.1) is 11.8 Å². The average molecular weight is 615 g/mol. The number of fused-ring (bicyclic) bond motifs is 1. The highest BCUT2D eigenvalue weighted by Crippen LogP contribution is 2.41. The summed E-state index contributed by atoms with van der Waals surface area (Å²) in [5.41, 5.74) is 1.46. The standard InChI is InChI=1S/C31H31ClN8O4/c1-3-38-25-26(33-27(28-36-31(42)44-37-28)34-29(25)39-15-21(32)12-13-24(39)41)35-30(38)40-22(19-9-5-4-6-10-19)16-43-17-23(40)20-11-7-8-18(2)14-20/h3-6,9-10,12-13,15,18,20,22-23H,1,7-8,11,14,16-17H2,2H3,(H,36,37,42). The second-order valence-electron chi connectivity index (χ2n) is 11.5. The fourth-order valence-corrected chi connectivity index (χ4v) is 6.82. The van der Waals surface area contributed by atoms with Crippen LogP contribution in [0.25, 0.3) is 34.8 Å². The molecule has 2 fully saturated rings. The number of benzene rings is 1. The summed E-state index contributed by atoms with van der Waals surface area (Å²) in [5, 5.41) is 4.11. The average Bonchev–Trinajstić information content (AvgIpc) is 3.65. The van der Waals surface area contributed by atoms with Crippen LogP contribution in [0.1, 0.15) is 44.2 Å². The van der Waals surface area contributed by atoms with Crippen molar-refractivity contribution in [2.24, 2.45) is 11.8 Å². The highest BCUT2D eigenvalue weighted by atomic mass is 35.5. The maximum Gasteiger partial charge on any atom is 0.439 e. The summed E-state index contributed by atoms with van der Waals surface area (Å²) < 4.78 is 14.2. The van der Waals surface area contributed by atoms with Gasteiger partial charge in [0.15, 0.2) is 11.5 Å². The monoisotopic (exact) mass is 614 g/mol. The summed E-state index contributed by atoms with van der Waals surface area (Å²) >= 11 is 6.34. The Labute approximate surface area is 257 Å². The lowest BCUT2D eigenvalue weighted by molar-refractivity contribution is 0.0373. The van der Waals surface area contributed by atoms with Gasteiger partial charge in [-0.25, -0.2) is 14.8 Å². The number of halogens is 1. The van der Waals surface area contributed by atoms with Crippen molar-refractivity contribution in [3.63, 3.8) is 0 Å². The van der Waals surface area contributed by atoms with Gasteiger partial charge in [0.1, 0.15) is 5.52 Å². The van der Waals surface area contributed by atoms with E-state index in [0.29, 0.717) is 41.5 Å². The molecule has 13 heteroatoms. The number of hydrogen-bond donors (Lipinski definition) is 1. The van der Waals surface area contributed by atoms with Crippen molar-refractivity contribution in [1.82, 2.24) is 34.2 Å². The molecule has 1 aliphatic heterocycles. The summed E-state index contributed by atoms with van der Waals surface area (Å²) in [4.78, 5) is 44.2. The van der Waals surface area contributed by atoms with Gasteiger partial charge in [0.25, 0.3) is 5.56 Å². The van der Waals surface area contributed by atoms with E-state index in [1.165, 1.54) is 29.3 Å². The number of anilines is 1. The SMILES string of the molecule is C=Cn1c(N2C(c3ccccc3)COCC2C2CCCC(C)C2)nc2nc(-c3noc(=O)[nH]3)nc(-n3cc(Cl)ccc3=O)c21. The number of nitrogens with zero attached hydrogens (tertiary/aromatic N) is 7. The van der Waals surface area contributed by atoms with E-state index in [2.05, 4.69) is 50.6 Å². The predicted molar refractivity (Wildman–Crippen MR) is 166 cm³/mol. The van der Waals surface area contributed by atoms with Gasteiger partial charge in [0, 0.05) is 18.5 Å². The van der Waals surface area contributed by atoms with Gasteiger partial charge in [-0.2, -0.15) is 4.98 Å². The first kappa shape index (κ1) is 28.2. The maximum absolute atomic E-state index is 13.2. The molecule has 0 bridgehead atoms. The number of ether oxygens (including phenoxy) is 1. The number of aromatic amines is 1. The van der Waals surface area contributed by atoms with Crippen LogP contribution in [0.3, 0.4) is 0 Å². The highest BCUT2D eigenvalue weighted by Gasteiger charge is 2.41. The molecule has 0 spiro atoms. The molecule has 1 N–H and O–H groups in total. The van der Waals surface area contributed by atoms with Gasteiger partial charge in [0.05, 0.1) is 30.3 Å². The third kappa shape index (κ3) is 5.03. The molecular weight excluding hydrogens is 584 g/mol. The number of H-pyrrole nitrogens is 1. The van der Waals surface area contributed by atoms with Gasteiger partial charge in [-0.05, 0) is 36.3 Å². The number of aromatic nitrogens is 7. The number of nitrogens with one attached hydrogen (secondary N) is 1. The molecule has 4 unspecified atom stereocenters. The molecule has 4 aromatic heterocycles. The Morgan fingerprint density at radius 2 is 1.91 bits per heavy atom. The number of imidazole rings is 1. The van der Waals surface area contributed by atoms with Gasteiger partial charge in [-0.3, -0.25) is 23.4 Å². The normalized spacial score (nSPS) is 22.4. The van der Waals surface area contributed by atoms with Crippen molar-refractivity contribution in [1.29, 1.82) is 0 Å². The molecule has 5 heterocycles. The molecule has 0 amide bonds.